The number of nitrogens with one attached hydrogen (secondary N) is 1. The lowest BCUT2D eigenvalue weighted by Gasteiger charge is -2.13. The van der Waals surface area contributed by atoms with Crippen LogP contribution in [0.3, 0.4) is 0 Å². The fourth-order valence-corrected chi connectivity index (χ4v) is 2.86. The summed E-state index contributed by atoms with van der Waals surface area (Å²) in [5, 5.41) is 2.85. The molecule has 27 heavy (non-hydrogen) atoms. The fraction of sp³-hybridized carbons (Fsp3) is 0.227. The minimum atomic E-state index is -0.260. The second kappa shape index (κ2) is 8.45. The molecule has 1 aromatic heterocycles. The molecule has 138 valence electrons. The molecule has 1 amide bonds. The number of benzene rings is 2. The first-order valence-electron chi connectivity index (χ1n) is 9.15. The molecule has 0 spiro atoms. The van der Waals surface area contributed by atoms with Crippen LogP contribution in [0, 0.1) is 0 Å². The maximum Gasteiger partial charge on any atom is 0.254 e. The molecule has 0 atom stereocenters. The third-order valence-corrected chi connectivity index (χ3v) is 4.40. The number of aryl methyl sites for hydroxylation is 2. The topological polar surface area (TPSA) is 64.0 Å². The fourth-order valence-electron chi connectivity index (χ4n) is 2.86. The molecule has 0 radical (unpaired) electrons. The van der Waals surface area contributed by atoms with Gasteiger partial charge in [0.25, 0.3) is 5.56 Å². The first-order chi connectivity index (χ1) is 13.1. The molecule has 0 aliphatic heterocycles. The Balaban J connectivity index is 1.89. The van der Waals surface area contributed by atoms with Crippen LogP contribution >= 0.6 is 0 Å². The molecule has 3 rings (SSSR count). The van der Waals surface area contributed by atoms with Crippen LogP contribution in [-0.2, 0) is 24.2 Å². The number of anilines is 1. The summed E-state index contributed by atoms with van der Waals surface area (Å²) in [5.41, 5.74) is 3.22. The van der Waals surface area contributed by atoms with Gasteiger partial charge in [0.05, 0.1) is 0 Å². The summed E-state index contributed by atoms with van der Waals surface area (Å²) in [6, 6.07) is 18.7. The Morgan fingerprint density at radius 1 is 1.00 bits per heavy atom. The number of nitrogens with zero attached hydrogens (tertiary/aromatic N) is 2. The van der Waals surface area contributed by atoms with Gasteiger partial charge < -0.3 is 5.32 Å². The molecular weight excluding hydrogens is 338 g/mol. The van der Waals surface area contributed by atoms with E-state index in [0.29, 0.717) is 23.6 Å². The average molecular weight is 361 g/mol. The second-order valence-electron chi connectivity index (χ2n) is 6.31. The largest absolute Gasteiger partial charge is 0.325 e. The van der Waals surface area contributed by atoms with Gasteiger partial charge in [-0.2, -0.15) is 0 Å². The molecule has 1 N–H and O–H groups in total. The van der Waals surface area contributed by atoms with Crippen molar-refractivity contribution in [3.63, 3.8) is 0 Å². The summed E-state index contributed by atoms with van der Waals surface area (Å²) >= 11 is 0. The summed E-state index contributed by atoms with van der Waals surface area (Å²) in [6.45, 7) is 3.95. The van der Waals surface area contributed by atoms with E-state index in [-0.39, 0.29) is 18.0 Å². The highest BCUT2D eigenvalue weighted by molar-refractivity contribution is 5.90. The molecule has 0 aliphatic rings. The molecule has 5 nitrogen and oxygen atoms in total. The minimum absolute atomic E-state index is 0.0877. The first kappa shape index (κ1) is 18.6. The van der Waals surface area contributed by atoms with E-state index in [1.807, 2.05) is 61.5 Å². The maximum absolute atomic E-state index is 12.6. The van der Waals surface area contributed by atoms with Crippen molar-refractivity contribution in [3.05, 3.63) is 82.3 Å². The molecule has 0 aliphatic carbocycles. The zero-order valence-electron chi connectivity index (χ0n) is 15.6. The monoisotopic (exact) mass is 361 g/mol. The predicted molar refractivity (Wildman–Crippen MR) is 108 cm³/mol. The van der Waals surface area contributed by atoms with Crippen molar-refractivity contribution in [2.24, 2.45) is 0 Å². The maximum atomic E-state index is 12.6. The normalized spacial score (nSPS) is 10.6. The van der Waals surface area contributed by atoms with Crippen LogP contribution < -0.4 is 10.9 Å². The lowest BCUT2D eigenvalue weighted by atomic mass is 10.1. The summed E-state index contributed by atoms with van der Waals surface area (Å²) in [6.07, 6.45) is 1.60. The lowest BCUT2D eigenvalue weighted by molar-refractivity contribution is -0.116. The van der Waals surface area contributed by atoms with Gasteiger partial charge in [-0.1, -0.05) is 56.3 Å². The molecule has 3 aromatic rings. The van der Waals surface area contributed by atoms with E-state index in [9.17, 15) is 9.59 Å². The molecule has 0 fully saturated rings. The summed E-state index contributed by atoms with van der Waals surface area (Å²) in [5.74, 6) is 0.251. The Kier molecular flexibility index (Phi) is 5.81. The van der Waals surface area contributed by atoms with Crippen molar-refractivity contribution < 1.29 is 4.79 Å². The Hall–Kier alpha value is -3.21. The standard InChI is InChI=1S/C22H23N3O2/c1-3-16-10-12-19(13-11-16)23-20(26)15-25-21(27)14-18(4-2)24-22(25)17-8-6-5-7-9-17/h5-14H,3-4,15H2,1-2H3,(H,23,26). The van der Waals surface area contributed by atoms with E-state index in [4.69, 9.17) is 0 Å². The Morgan fingerprint density at radius 3 is 2.33 bits per heavy atom. The van der Waals surface area contributed by atoms with Crippen molar-refractivity contribution in [2.45, 2.75) is 33.2 Å². The Morgan fingerprint density at radius 2 is 1.70 bits per heavy atom. The van der Waals surface area contributed by atoms with E-state index < -0.39 is 0 Å². The Labute approximate surface area is 158 Å². The zero-order valence-corrected chi connectivity index (χ0v) is 15.6. The molecule has 0 unspecified atom stereocenters. The van der Waals surface area contributed by atoms with Gasteiger partial charge in [-0.15, -0.1) is 0 Å². The quantitative estimate of drug-likeness (QED) is 0.728. The van der Waals surface area contributed by atoms with Gasteiger partial charge >= 0.3 is 0 Å². The van der Waals surface area contributed by atoms with E-state index in [1.54, 1.807) is 0 Å². The van der Waals surface area contributed by atoms with Crippen LogP contribution in [0.2, 0.25) is 0 Å². The van der Waals surface area contributed by atoms with Crippen molar-refractivity contribution >= 4 is 11.6 Å². The van der Waals surface area contributed by atoms with Gasteiger partial charge in [0, 0.05) is 23.0 Å². The molecule has 5 heteroatoms. The number of aromatic nitrogens is 2. The van der Waals surface area contributed by atoms with Gasteiger partial charge in [-0.3, -0.25) is 14.2 Å². The van der Waals surface area contributed by atoms with E-state index in [2.05, 4.69) is 17.2 Å². The predicted octanol–water partition coefficient (Wildman–Crippen LogP) is 3.67. The van der Waals surface area contributed by atoms with E-state index in [1.165, 1.54) is 16.2 Å². The summed E-state index contributed by atoms with van der Waals surface area (Å²) in [7, 11) is 0. The lowest BCUT2D eigenvalue weighted by Crippen LogP contribution is -2.30. The average Bonchev–Trinajstić information content (AvgIpc) is 2.70. The molecular formula is C22H23N3O2. The van der Waals surface area contributed by atoms with E-state index in [0.717, 1.165) is 12.0 Å². The van der Waals surface area contributed by atoms with Crippen LogP contribution in [-0.4, -0.2) is 15.5 Å². The number of rotatable bonds is 6. The van der Waals surface area contributed by atoms with Gasteiger partial charge in [0.1, 0.15) is 12.4 Å². The van der Waals surface area contributed by atoms with Gasteiger partial charge in [-0.05, 0) is 30.5 Å². The number of hydrogen-bond acceptors (Lipinski definition) is 3. The SMILES string of the molecule is CCc1ccc(NC(=O)Cn2c(-c3ccccc3)nc(CC)cc2=O)cc1. The van der Waals surface area contributed by atoms with Crippen LogP contribution in [0.4, 0.5) is 5.69 Å². The van der Waals surface area contributed by atoms with Crippen LogP contribution in [0.1, 0.15) is 25.1 Å². The van der Waals surface area contributed by atoms with Crippen LogP contribution in [0.15, 0.2) is 65.5 Å². The smallest absolute Gasteiger partial charge is 0.254 e. The van der Waals surface area contributed by atoms with Gasteiger partial charge in [-0.25, -0.2) is 4.98 Å². The van der Waals surface area contributed by atoms with Crippen molar-refractivity contribution in [1.82, 2.24) is 9.55 Å². The second-order valence-corrected chi connectivity index (χ2v) is 6.31. The molecule has 0 bridgehead atoms. The summed E-state index contributed by atoms with van der Waals surface area (Å²) in [4.78, 5) is 29.7. The number of hydrogen-bond donors (Lipinski definition) is 1. The molecule has 2 aromatic carbocycles. The first-order valence-corrected chi connectivity index (χ1v) is 9.15. The van der Waals surface area contributed by atoms with Crippen LogP contribution in [0.25, 0.3) is 11.4 Å². The zero-order chi connectivity index (χ0) is 19.2. The number of carbonyl (C=O) groups excluding carboxylic acids is 1. The number of amides is 1. The van der Waals surface area contributed by atoms with Crippen molar-refractivity contribution in [2.75, 3.05) is 5.32 Å². The number of carbonyl (C=O) groups is 1. The highest BCUT2D eigenvalue weighted by Crippen LogP contribution is 2.16. The van der Waals surface area contributed by atoms with Crippen LogP contribution in [0.5, 0.6) is 0 Å². The molecule has 0 saturated heterocycles. The Bertz CT molecular complexity index is 977. The molecule has 1 heterocycles. The van der Waals surface area contributed by atoms with E-state index >= 15 is 0 Å². The van der Waals surface area contributed by atoms with Gasteiger partial charge in [0.2, 0.25) is 5.91 Å². The van der Waals surface area contributed by atoms with Crippen molar-refractivity contribution in [3.8, 4) is 11.4 Å². The minimum Gasteiger partial charge on any atom is -0.325 e. The third kappa shape index (κ3) is 4.50. The highest BCUT2D eigenvalue weighted by atomic mass is 16.2. The van der Waals surface area contributed by atoms with Gasteiger partial charge in [0.15, 0.2) is 0 Å². The highest BCUT2D eigenvalue weighted by Gasteiger charge is 2.13. The summed E-state index contributed by atoms with van der Waals surface area (Å²) < 4.78 is 1.42. The van der Waals surface area contributed by atoms with Crippen molar-refractivity contribution in [1.29, 1.82) is 0 Å². The molecule has 0 saturated carbocycles. The third-order valence-electron chi connectivity index (χ3n) is 4.40.